The highest BCUT2D eigenvalue weighted by Crippen LogP contribution is 2.66. The maximum atomic E-state index is 13.3. The van der Waals surface area contributed by atoms with Gasteiger partial charge in [0.1, 0.15) is 6.10 Å². The molecule has 1 saturated carbocycles. The normalized spacial score (nSPS) is 35.8. The molecule has 180 valence electrons. The molecule has 2 fully saturated rings. The van der Waals surface area contributed by atoms with E-state index >= 15 is 0 Å². The number of phenols is 1. The molecular weight excluding hydrogens is 516 g/mol. The third kappa shape index (κ3) is 2.83. The van der Waals surface area contributed by atoms with E-state index in [1.807, 2.05) is 30.6 Å². The number of likely N-dealkylation sites (N-methyl/N-ethyl adjacent to an activating group) is 2. The lowest BCUT2D eigenvalue weighted by Crippen LogP contribution is -2.79. The first-order chi connectivity index (χ1) is 16.2. The summed E-state index contributed by atoms with van der Waals surface area (Å²) in [6.07, 6.45) is 5.09. The summed E-state index contributed by atoms with van der Waals surface area (Å²) in [5.74, 6) is 0.550. The summed E-state index contributed by atoms with van der Waals surface area (Å²) in [5, 5.41) is 25.1. The fraction of sp³-hybridized carbons (Fsp3) is 0.500. The van der Waals surface area contributed by atoms with Crippen molar-refractivity contribution in [3.8, 4) is 11.5 Å². The van der Waals surface area contributed by atoms with Crippen LogP contribution in [0.2, 0.25) is 0 Å². The largest absolute Gasteiger partial charge is 0.504 e. The van der Waals surface area contributed by atoms with Crippen molar-refractivity contribution >= 4 is 39.2 Å². The Kier molecular flexibility index (Phi) is 5.02. The Labute approximate surface area is 212 Å². The SMILES string of the molecule is C[C@H]1C[C@@]2(O)[C@H]3Cc4ccc(O)c5c4[C@@]2(CCN3C)[C@@H](O5)[C@H]1N(C)C(=O)/C=C/c1cc(Br)cs1. The third-order valence-electron chi connectivity index (χ3n) is 8.83. The number of ether oxygens (including phenoxy) is 1. The summed E-state index contributed by atoms with van der Waals surface area (Å²) < 4.78 is 7.58. The molecule has 1 saturated heterocycles. The molecule has 0 radical (unpaired) electrons. The topological polar surface area (TPSA) is 73.2 Å². The van der Waals surface area contributed by atoms with Gasteiger partial charge in [0.05, 0.1) is 17.1 Å². The third-order valence-corrected chi connectivity index (χ3v) is 10.5. The van der Waals surface area contributed by atoms with E-state index in [1.165, 1.54) is 0 Å². The highest BCUT2D eigenvalue weighted by molar-refractivity contribution is 9.10. The number of hydrogen-bond donors (Lipinski definition) is 2. The Morgan fingerprint density at radius 2 is 2.21 bits per heavy atom. The van der Waals surface area contributed by atoms with Crippen molar-refractivity contribution in [2.24, 2.45) is 5.92 Å². The van der Waals surface area contributed by atoms with E-state index < -0.39 is 17.1 Å². The molecule has 6 atom stereocenters. The van der Waals surface area contributed by atoms with E-state index in [2.05, 4.69) is 34.8 Å². The predicted octanol–water partition coefficient (Wildman–Crippen LogP) is 3.79. The van der Waals surface area contributed by atoms with Crippen molar-refractivity contribution in [1.29, 1.82) is 0 Å². The second-order valence-electron chi connectivity index (χ2n) is 10.5. The van der Waals surface area contributed by atoms with E-state index in [9.17, 15) is 15.0 Å². The quantitative estimate of drug-likeness (QED) is 0.575. The van der Waals surface area contributed by atoms with Crippen LogP contribution in [0.4, 0.5) is 0 Å². The van der Waals surface area contributed by atoms with Gasteiger partial charge in [-0.25, -0.2) is 0 Å². The van der Waals surface area contributed by atoms with Crippen molar-refractivity contribution in [1.82, 2.24) is 9.80 Å². The average molecular weight is 545 g/mol. The number of carbonyl (C=O) groups excluding carboxylic acids is 1. The van der Waals surface area contributed by atoms with Crippen LogP contribution in [0.25, 0.3) is 6.08 Å². The molecule has 6 rings (SSSR count). The molecule has 34 heavy (non-hydrogen) atoms. The van der Waals surface area contributed by atoms with Gasteiger partial charge in [-0.15, -0.1) is 11.3 Å². The Hall–Kier alpha value is -1.87. The molecule has 8 heteroatoms. The van der Waals surface area contributed by atoms with Crippen molar-refractivity contribution in [3.63, 3.8) is 0 Å². The molecule has 1 spiro atoms. The van der Waals surface area contributed by atoms with Crippen LogP contribution < -0.4 is 4.74 Å². The van der Waals surface area contributed by atoms with Gasteiger partial charge in [-0.05, 0) is 78.5 Å². The molecule has 1 aromatic heterocycles. The fourth-order valence-electron chi connectivity index (χ4n) is 7.42. The number of nitrogens with zero attached hydrogens (tertiary/aromatic N) is 2. The van der Waals surface area contributed by atoms with E-state index in [0.717, 1.165) is 39.9 Å². The lowest BCUT2D eigenvalue weighted by Gasteiger charge is -2.65. The minimum Gasteiger partial charge on any atom is -0.504 e. The molecule has 2 aliphatic heterocycles. The summed E-state index contributed by atoms with van der Waals surface area (Å²) in [6.45, 7) is 2.95. The zero-order valence-electron chi connectivity index (χ0n) is 19.5. The number of aromatic hydroxyl groups is 1. The molecule has 1 aromatic carbocycles. The summed E-state index contributed by atoms with van der Waals surface area (Å²) in [6, 6.07) is 5.43. The molecule has 2 N–H and O–H groups in total. The molecule has 6 nitrogen and oxygen atoms in total. The number of benzene rings is 1. The van der Waals surface area contributed by atoms with Gasteiger partial charge in [0.25, 0.3) is 0 Å². The minimum atomic E-state index is -0.977. The van der Waals surface area contributed by atoms with Crippen LogP contribution in [-0.4, -0.2) is 70.3 Å². The van der Waals surface area contributed by atoms with E-state index in [-0.39, 0.29) is 29.7 Å². The highest BCUT2D eigenvalue weighted by atomic mass is 79.9. The zero-order chi connectivity index (χ0) is 24.0. The van der Waals surface area contributed by atoms with Gasteiger partial charge in [-0.1, -0.05) is 13.0 Å². The van der Waals surface area contributed by atoms with Gasteiger partial charge in [0, 0.05) is 39.5 Å². The van der Waals surface area contributed by atoms with Crippen molar-refractivity contribution in [2.45, 2.75) is 55.4 Å². The molecule has 4 aliphatic rings. The van der Waals surface area contributed by atoms with Gasteiger partial charge in [-0.2, -0.15) is 0 Å². The second-order valence-corrected chi connectivity index (χ2v) is 12.3. The van der Waals surface area contributed by atoms with Gasteiger partial charge < -0.3 is 24.7 Å². The Balaban J connectivity index is 1.43. The first-order valence-corrected chi connectivity index (χ1v) is 13.5. The molecule has 0 unspecified atom stereocenters. The van der Waals surface area contributed by atoms with E-state index in [4.69, 9.17) is 4.74 Å². The molecule has 3 heterocycles. The Morgan fingerprint density at radius 1 is 1.41 bits per heavy atom. The highest BCUT2D eigenvalue weighted by Gasteiger charge is 2.74. The van der Waals surface area contributed by atoms with Crippen LogP contribution in [0.5, 0.6) is 11.5 Å². The van der Waals surface area contributed by atoms with E-state index in [1.54, 1.807) is 28.4 Å². The summed E-state index contributed by atoms with van der Waals surface area (Å²) in [4.78, 5) is 18.4. The van der Waals surface area contributed by atoms with E-state index in [0.29, 0.717) is 12.2 Å². The maximum absolute atomic E-state index is 13.3. The number of hydrogen-bond acceptors (Lipinski definition) is 6. The number of aliphatic hydroxyl groups is 1. The smallest absolute Gasteiger partial charge is 0.246 e. The van der Waals surface area contributed by atoms with Crippen molar-refractivity contribution < 1.29 is 19.7 Å². The summed E-state index contributed by atoms with van der Waals surface area (Å²) >= 11 is 5.03. The van der Waals surface area contributed by atoms with Crippen molar-refractivity contribution in [3.05, 3.63) is 50.1 Å². The fourth-order valence-corrected chi connectivity index (χ4v) is 8.76. The summed E-state index contributed by atoms with van der Waals surface area (Å²) in [5.41, 5.74) is 0.498. The van der Waals surface area contributed by atoms with Gasteiger partial charge >= 0.3 is 0 Å². The first-order valence-electron chi connectivity index (χ1n) is 11.8. The number of carbonyl (C=O) groups is 1. The van der Waals surface area contributed by atoms with Crippen LogP contribution in [0.15, 0.2) is 34.1 Å². The average Bonchev–Trinajstić information content (AvgIpc) is 3.36. The maximum Gasteiger partial charge on any atom is 0.246 e. The molecule has 2 aliphatic carbocycles. The number of thiophene rings is 1. The number of likely N-dealkylation sites (tertiary alicyclic amines) is 1. The lowest BCUT2D eigenvalue weighted by molar-refractivity contribution is -0.208. The molecule has 1 amide bonds. The monoisotopic (exact) mass is 544 g/mol. The lowest BCUT2D eigenvalue weighted by atomic mass is 9.47. The number of amides is 1. The van der Waals surface area contributed by atoms with Gasteiger partial charge in [0.2, 0.25) is 5.91 Å². The summed E-state index contributed by atoms with van der Waals surface area (Å²) in [7, 11) is 3.92. The van der Waals surface area contributed by atoms with Gasteiger partial charge in [0.15, 0.2) is 11.5 Å². The standard InChI is InChI=1S/C26H29BrN2O4S/c1-14-12-26(32)19-10-15-4-6-18(30)23-21(15)25(26,8-9-28(19)2)24(33-23)22(14)29(3)20(31)7-5-17-11-16(27)13-34-17/h4-7,11,13-14,19,22,24,30,32H,8-10,12H2,1-3H3/b7-5+/t14-,19+,22-,24-,25-,26+/m0/s1. The number of phenolic OH excluding ortho intramolecular Hbond substituents is 1. The van der Waals surface area contributed by atoms with Crippen molar-refractivity contribution in [2.75, 3.05) is 20.6 Å². The first kappa shape index (κ1) is 22.6. The molecule has 2 aromatic rings. The van der Waals surface area contributed by atoms with Gasteiger partial charge in [-0.3, -0.25) is 4.79 Å². The molecule has 2 bridgehead atoms. The Bertz CT molecular complexity index is 1210. The second kappa shape index (κ2) is 7.56. The minimum absolute atomic E-state index is 0.0167. The Morgan fingerprint density at radius 3 is 2.94 bits per heavy atom. The predicted molar refractivity (Wildman–Crippen MR) is 135 cm³/mol. The molecular formula is C26H29BrN2O4S. The number of rotatable bonds is 3. The van der Waals surface area contributed by atoms with Crippen LogP contribution in [-0.2, 0) is 16.6 Å². The van der Waals surface area contributed by atoms with Crippen LogP contribution in [0.3, 0.4) is 0 Å². The number of piperidine rings is 1. The van der Waals surface area contributed by atoms with Crippen LogP contribution >= 0.6 is 27.3 Å². The van der Waals surface area contributed by atoms with Crippen LogP contribution in [0.1, 0.15) is 35.8 Å². The number of halogens is 1. The van der Waals surface area contributed by atoms with Crippen LogP contribution in [0, 0.1) is 5.92 Å². The zero-order valence-corrected chi connectivity index (χ0v) is 21.9.